The number of hydrogen-bond donors (Lipinski definition) is 2. The zero-order chi connectivity index (χ0) is 10.1. The highest BCUT2D eigenvalue weighted by Gasteiger charge is 2.23. The van der Waals surface area contributed by atoms with Gasteiger partial charge in [-0.15, -0.1) is 0 Å². The summed E-state index contributed by atoms with van der Waals surface area (Å²) in [5, 5.41) is 9.36. The number of aromatic amines is 1. The van der Waals surface area contributed by atoms with Crippen LogP contribution in [-0.2, 0) is 0 Å². The van der Waals surface area contributed by atoms with Crippen LogP contribution in [0.5, 0.6) is 0 Å². The van der Waals surface area contributed by atoms with Gasteiger partial charge in [-0.3, -0.25) is 4.79 Å². The zero-order valence-corrected chi connectivity index (χ0v) is 9.56. The van der Waals surface area contributed by atoms with Gasteiger partial charge in [0, 0.05) is 13.1 Å². The van der Waals surface area contributed by atoms with Crippen molar-refractivity contribution in [1.29, 1.82) is 0 Å². The molecular weight excluding hydrogens is 297 g/mol. The van der Waals surface area contributed by atoms with E-state index in [4.69, 9.17) is 0 Å². The quantitative estimate of drug-likeness (QED) is 0.714. The number of hydrogen-bond acceptors (Lipinski definition) is 4. The third-order valence-electron chi connectivity index (χ3n) is 2.24. The van der Waals surface area contributed by atoms with E-state index < -0.39 is 0 Å². The molecule has 1 aliphatic rings. The second-order valence-corrected chi connectivity index (χ2v) is 4.34. The van der Waals surface area contributed by atoms with Crippen LogP contribution in [0, 0.1) is 3.57 Å². The van der Waals surface area contributed by atoms with Gasteiger partial charge in [0.05, 0.1) is 12.4 Å². The van der Waals surface area contributed by atoms with E-state index >= 15 is 0 Å². The number of aliphatic hydroxyl groups is 1. The number of H-pyrrole nitrogens is 1. The largest absolute Gasteiger partial charge is 0.391 e. The number of anilines is 1. The number of aliphatic hydroxyl groups excluding tert-OH is 1. The molecule has 1 fully saturated rings. The SMILES string of the molecule is O=c1[nH]cnc(N2CC[C@@H](O)C2)c1I. The van der Waals surface area contributed by atoms with Gasteiger partial charge in [0.25, 0.3) is 5.56 Å². The first-order valence-electron chi connectivity index (χ1n) is 4.34. The summed E-state index contributed by atoms with van der Waals surface area (Å²) in [6, 6.07) is 0. The van der Waals surface area contributed by atoms with Gasteiger partial charge in [0.2, 0.25) is 0 Å². The lowest BCUT2D eigenvalue weighted by Crippen LogP contribution is -2.26. The second kappa shape index (κ2) is 3.85. The molecule has 0 saturated carbocycles. The van der Waals surface area contributed by atoms with Crippen molar-refractivity contribution in [1.82, 2.24) is 9.97 Å². The van der Waals surface area contributed by atoms with Crippen LogP contribution in [0.15, 0.2) is 11.1 Å². The Bertz CT molecular complexity index is 392. The third kappa shape index (κ3) is 1.76. The molecule has 1 aliphatic heterocycles. The fraction of sp³-hybridized carbons (Fsp3) is 0.500. The summed E-state index contributed by atoms with van der Waals surface area (Å²) >= 11 is 1.97. The first-order chi connectivity index (χ1) is 6.68. The van der Waals surface area contributed by atoms with Gasteiger partial charge in [-0.2, -0.15) is 0 Å². The van der Waals surface area contributed by atoms with Crippen molar-refractivity contribution in [3.63, 3.8) is 0 Å². The lowest BCUT2D eigenvalue weighted by atomic mass is 10.3. The summed E-state index contributed by atoms with van der Waals surface area (Å²) < 4.78 is 0.583. The maximum absolute atomic E-state index is 11.3. The summed E-state index contributed by atoms with van der Waals surface area (Å²) in [6.45, 7) is 1.32. The molecule has 0 amide bonds. The molecule has 6 heteroatoms. The van der Waals surface area contributed by atoms with E-state index in [9.17, 15) is 9.90 Å². The minimum atomic E-state index is -0.299. The summed E-state index contributed by atoms with van der Waals surface area (Å²) in [4.78, 5) is 19.8. The number of β-amino-alcohol motifs (C(OH)–C–C–N with tert-alkyl or cyclic N) is 1. The highest BCUT2D eigenvalue weighted by Crippen LogP contribution is 2.20. The van der Waals surface area contributed by atoms with Gasteiger partial charge < -0.3 is 15.0 Å². The third-order valence-corrected chi connectivity index (χ3v) is 3.21. The molecule has 14 heavy (non-hydrogen) atoms. The zero-order valence-electron chi connectivity index (χ0n) is 7.40. The molecule has 0 bridgehead atoms. The molecule has 0 radical (unpaired) electrons. The maximum atomic E-state index is 11.3. The highest BCUT2D eigenvalue weighted by atomic mass is 127. The molecule has 2 heterocycles. The first-order valence-corrected chi connectivity index (χ1v) is 5.42. The van der Waals surface area contributed by atoms with Crippen molar-refractivity contribution in [3.05, 3.63) is 20.3 Å². The van der Waals surface area contributed by atoms with Crippen LogP contribution in [0.3, 0.4) is 0 Å². The Morgan fingerprint density at radius 3 is 3.14 bits per heavy atom. The topological polar surface area (TPSA) is 69.2 Å². The Hall–Kier alpha value is -0.630. The van der Waals surface area contributed by atoms with E-state index in [0.717, 1.165) is 13.0 Å². The molecule has 2 rings (SSSR count). The van der Waals surface area contributed by atoms with Crippen LogP contribution in [-0.4, -0.2) is 34.3 Å². The Kier molecular flexibility index (Phi) is 2.73. The molecule has 0 spiro atoms. The number of nitrogens with zero attached hydrogens (tertiary/aromatic N) is 2. The van der Waals surface area contributed by atoms with Crippen LogP contribution in [0.25, 0.3) is 0 Å². The van der Waals surface area contributed by atoms with E-state index in [1.807, 2.05) is 27.5 Å². The summed E-state index contributed by atoms with van der Waals surface area (Å²) in [5.41, 5.74) is -0.128. The number of nitrogens with one attached hydrogen (secondary N) is 1. The van der Waals surface area contributed by atoms with Gasteiger partial charge >= 0.3 is 0 Å². The van der Waals surface area contributed by atoms with E-state index in [1.165, 1.54) is 6.33 Å². The normalized spacial score (nSPS) is 21.6. The Morgan fingerprint density at radius 2 is 2.50 bits per heavy atom. The van der Waals surface area contributed by atoms with Crippen molar-refractivity contribution in [2.75, 3.05) is 18.0 Å². The molecule has 5 nitrogen and oxygen atoms in total. The van der Waals surface area contributed by atoms with Gasteiger partial charge in [-0.1, -0.05) is 0 Å². The Morgan fingerprint density at radius 1 is 1.71 bits per heavy atom. The van der Waals surface area contributed by atoms with Crippen molar-refractivity contribution >= 4 is 28.4 Å². The van der Waals surface area contributed by atoms with Crippen molar-refractivity contribution < 1.29 is 5.11 Å². The van der Waals surface area contributed by atoms with Gasteiger partial charge in [-0.25, -0.2) is 4.98 Å². The molecule has 0 aromatic carbocycles. The predicted octanol–water partition coefficient (Wildman–Crippen LogP) is -0.0545. The van der Waals surface area contributed by atoms with Crippen LogP contribution in [0.2, 0.25) is 0 Å². The van der Waals surface area contributed by atoms with E-state index in [0.29, 0.717) is 15.9 Å². The van der Waals surface area contributed by atoms with Crippen molar-refractivity contribution in [3.8, 4) is 0 Å². The molecule has 0 unspecified atom stereocenters. The Balaban J connectivity index is 2.33. The van der Waals surface area contributed by atoms with E-state index in [-0.39, 0.29) is 11.7 Å². The second-order valence-electron chi connectivity index (χ2n) is 3.26. The van der Waals surface area contributed by atoms with Crippen LogP contribution in [0.1, 0.15) is 6.42 Å². The van der Waals surface area contributed by atoms with Gasteiger partial charge in [0.1, 0.15) is 9.39 Å². The highest BCUT2D eigenvalue weighted by molar-refractivity contribution is 14.1. The average Bonchev–Trinajstić information content (AvgIpc) is 2.57. The lowest BCUT2D eigenvalue weighted by Gasteiger charge is -2.16. The number of halogens is 1. The molecule has 1 saturated heterocycles. The summed E-state index contributed by atoms with van der Waals surface area (Å²) in [7, 11) is 0. The van der Waals surface area contributed by atoms with Crippen molar-refractivity contribution in [2.45, 2.75) is 12.5 Å². The molecule has 1 atom stereocenters. The molecule has 0 aliphatic carbocycles. The van der Waals surface area contributed by atoms with Crippen LogP contribution >= 0.6 is 22.6 Å². The average molecular weight is 307 g/mol. The molecule has 2 N–H and O–H groups in total. The summed E-state index contributed by atoms with van der Waals surface area (Å²) in [6.07, 6.45) is 1.83. The monoisotopic (exact) mass is 307 g/mol. The molecule has 76 valence electrons. The van der Waals surface area contributed by atoms with Crippen molar-refractivity contribution in [2.24, 2.45) is 0 Å². The fourth-order valence-corrected chi connectivity index (χ4v) is 2.16. The number of aromatic nitrogens is 2. The maximum Gasteiger partial charge on any atom is 0.266 e. The van der Waals surface area contributed by atoms with E-state index in [1.54, 1.807) is 0 Å². The molecular formula is C8H10IN3O2. The first kappa shape index (κ1) is 9.91. The van der Waals surface area contributed by atoms with Crippen LogP contribution < -0.4 is 10.5 Å². The number of rotatable bonds is 1. The fourth-order valence-electron chi connectivity index (χ4n) is 1.53. The predicted molar refractivity (Wildman–Crippen MR) is 60.4 cm³/mol. The van der Waals surface area contributed by atoms with Gasteiger partial charge in [0.15, 0.2) is 0 Å². The Labute approximate surface area is 94.3 Å². The van der Waals surface area contributed by atoms with E-state index in [2.05, 4.69) is 9.97 Å². The van der Waals surface area contributed by atoms with Crippen LogP contribution in [0.4, 0.5) is 5.82 Å². The lowest BCUT2D eigenvalue weighted by molar-refractivity contribution is 0.198. The summed E-state index contributed by atoms with van der Waals surface area (Å²) in [5.74, 6) is 0.672. The molecule has 1 aromatic heterocycles. The minimum absolute atomic E-state index is 0.128. The standard InChI is InChI=1S/C8H10IN3O2/c9-6-7(10-4-11-8(6)14)12-2-1-5(13)3-12/h4-5,13H,1-3H2,(H,10,11,14)/t5-/m1/s1. The minimum Gasteiger partial charge on any atom is -0.391 e. The molecule has 1 aromatic rings. The van der Waals surface area contributed by atoms with Gasteiger partial charge in [-0.05, 0) is 29.0 Å². The smallest absolute Gasteiger partial charge is 0.266 e.